The fourth-order valence-corrected chi connectivity index (χ4v) is 3.02. The van der Waals surface area contributed by atoms with Crippen molar-refractivity contribution >= 4 is 28.0 Å². The van der Waals surface area contributed by atoms with Gasteiger partial charge in [0.2, 0.25) is 5.71 Å². The van der Waals surface area contributed by atoms with E-state index in [0.717, 1.165) is 11.0 Å². The first-order valence-corrected chi connectivity index (χ1v) is 8.39. The van der Waals surface area contributed by atoms with Crippen molar-refractivity contribution in [3.63, 3.8) is 0 Å². The number of nitrogens with zero attached hydrogens (tertiary/aromatic N) is 3. The second-order valence-electron chi connectivity index (χ2n) is 6.09. The number of allylic oxidation sites excluding steroid dienone is 1. The minimum Gasteiger partial charge on any atom is -0.442 e. The third kappa shape index (κ3) is 2.91. The van der Waals surface area contributed by atoms with E-state index in [0.29, 0.717) is 18.1 Å². The third-order valence-corrected chi connectivity index (χ3v) is 4.26. The molecule has 0 saturated heterocycles. The van der Waals surface area contributed by atoms with Gasteiger partial charge in [-0.15, -0.1) is 6.58 Å². The van der Waals surface area contributed by atoms with Gasteiger partial charge in [0.25, 0.3) is 11.5 Å². The Morgan fingerprint density at radius 2 is 2.22 bits per heavy atom. The van der Waals surface area contributed by atoms with E-state index in [4.69, 9.17) is 4.42 Å². The van der Waals surface area contributed by atoms with Gasteiger partial charge >= 0.3 is 0 Å². The SMILES string of the molecule is C=CCn1cnc2oc(C)c(C(=O)NCc3nc4ccccc4[nH]3)c2c1=O. The van der Waals surface area contributed by atoms with Crippen LogP contribution in [0.3, 0.4) is 0 Å². The molecule has 0 aliphatic heterocycles. The maximum atomic E-state index is 12.7. The fourth-order valence-electron chi connectivity index (χ4n) is 3.02. The summed E-state index contributed by atoms with van der Waals surface area (Å²) >= 11 is 0. The summed E-state index contributed by atoms with van der Waals surface area (Å²) in [5.41, 5.74) is 1.71. The zero-order valence-electron chi connectivity index (χ0n) is 14.7. The Morgan fingerprint density at radius 3 is 3.00 bits per heavy atom. The van der Waals surface area contributed by atoms with Crippen LogP contribution in [0.5, 0.6) is 0 Å². The van der Waals surface area contributed by atoms with Crippen molar-refractivity contribution in [3.8, 4) is 0 Å². The van der Waals surface area contributed by atoms with Gasteiger partial charge in [-0.3, -0.25) is 14.2 Å². The number of carbonyl (C=O) groups excluding carboxylic acids is 1. The highest BCUT2D eigenvalue weighted by atomic mass is 16.3. The number of hydrogen-bond donors (Lipinski definition) is 2. The second-order valence-corrected chi connectivity index (χ2v) is 6.09. The van der Waals surface area contributed by atoms with Crippen molar-refractivity contribution < 1.29 is 9.21 Å². The molecule has 136 valence electrons. The molecule has 1 aromatic carbocycles. The summed E-state index contributed by atoms with van der Waals surface area (Å²) in [6.45, 7) is 5.75. The zero-order valence-corrected chi connectivity index (χ0v) is 14.7. The highest BCUT2D eigenvalue weighted by molar-refractivity contribution is 6.06. The monoisotopic (exact) mass is 363 g/mol. The van der Waals surface area contributed by atoms with Gasteiger partial charge in [-0.1, -0.05) is 18.2 Å². The summed E-state index contributed by atoms with van der Waals surface area (Å²) in [4.78, 5) is 37.1. The number of fused-ring (bicyclic) bond motifs is 2. The van der Waals surface area contributed by atoms with Crippen molar-refractivity contribution in [2.24, 2.45) is 0 Å². The van der Waals surface area contributed by atoms with E-state index in [1.807, 2.05) is 24.3 Å². The molecule has 8 nitrogen and oxygen atoms in total. The van der Waals surface area contributed by atoms with Crippen LogP contribution in [0.15, 0.2) is 52.5 Å². The van der Waals surface area contributed by atoms with Gasteiger partial charge in [0.05, 0.1) is 23.1 Å². The Hall–Kier alpha value is -3.68. The number of para-hydroxylation sites is 2. The van der Waals surface area contributed by atoms with E-state index < -0.39 is 5.91 Å². The molecule has 1 amide bonds. The van der Waals surface area contributed by atoms with Crippen LogP contribution in [0, 0.1) is 6.92 Å². The van der Waals surface area contributed by atoms with Gasteiger partial charge in [0.1, 0.15) is 23.3 Å². The first kappa shape index (κ1) is 16.8. The molecule has 0 bridgehead atoms. The molecular formula is C19H17N5O3. The number of aryl methyl sites for hydroxylation is 1. The number of benzene rings is 1. The molecule has 0 radical (unpaired) electrons. The maximum Gasteiger partial charge on any atom is 0.265 e. The number of rotatable bonds is 5. The smallest absolute Gasteiger partial charge is 0.265 e. The number of amides is 1. The highest BCUT2D eigenvalue weighted by Gasteiger charge is 2.22. The van der Waals surface area contributed by atoms with E-state index >= 15 is 0 Å². The largest absolute Gasteiger partial charge is 0.442 e. The van der Waals surface area contributed by atoms with Crippen LogP contribution < -0.4 is 10.9 Å². The molecule has 3 heterocycles. The van der Waals surface area contributed by atoms with Crippen LogP contribution in [0.25, 0.3) is 22.1 Å². The molecule has 8 heteroatoms. The van der Waals surface area contributed by atoms with E-state index in [1.54, 1.807) is 13.0 Å². The van der Waals surface area contributed by atoms with Gasteiger partial charge < -0.3 is 14.7 Å². The van der Waals surface area contributed by atoms with Gasteiger partial charge in [0.15, 0.2) is 0 Å². The van der Waals surface area contributed by atoms with Crippen molar-refractivity contribution in [3.05, 3.63) is 70.7 Å². The minimum absolute atomic E-state index is 0.145. The van der Waals surface area contributed by atoms with Gasteiger partial charge in [-0.2, -0.15) is 0 Å². The lowest BCUT2D eigenvalue weighted by atomic mass is 10.2. The predicted octanol–water partition coefficient (Wildman–Crippen LogP) is 2.29. The summed E-state index contributed by atoms with van der Waals surface area (Å²) in [5.74, 6) is 0.548. The fraction of sp³-hybridized carbons (Fsp3) is 0.158. The van der Waals surface area contributed by atoms with Crippen LogP contribution in [-0.4, -0.2) is 25.4 Å². The number of carbonyl (C=O) groups is 1. The van der Waals surface area contributed by atoms with Gasteiger partial charge in [-0.05, 0) is 19.1 Å². The number of aromatic amines is 1. The van der Waals surface area contributed by atoms with Crippen LogP contribution in [0.1, 0.15) is 21.9 Å². The molecule has 4 rings (SSSR count). The standard InChI is InChI=1S/C19H17N5O3/c1-3-8-24-10-21-18-16(19(24)26)15(11(2)27-18)17(25)20-9-14-22-12-6-4-5-7-13(12)23-14/h3-7,10H,1,8-9H2,2H3,(H,20,25)(H,22,23). The topological polar surface area (TPSA) is 106 Å². The van der Waals surface area contributed by atoms with Crippen LogP contribution in [0.4, 0.5) is 0 Å². The minimum atomic E-state index is -0.415. The van der Waals surface area contributed by atoms with Crippen molar-refractivity contribution in [1.29, 1.82) is 0 Å². The molecule has 0 spiro atoms. The molecule has 0 unspecified atom stereocenters. The van der Waals surface area contributed by atoms with Crippen molar-refractivity contribution in [1.82, 2.24) is 24.8 Å². The molecule has 0 aliphatic rings. The Labute approximate surface area is 153 Å². The van der Waals surface area contributed by atoms with Gasteiger partial charge in [-0.25, -0.2) is 9.97 Å². The number of imidazole rings is 1. The lowest BCUT2D eigenvalue weighted by Crippen LogP contribution is -2.26. The quantitative estimate of drug-likeness (QED) is 0.529. The summed E-state index contributed by atoms with van der Waals surface area (Å²) in [6.07, 6.45) is 2.97. The third-order valence-electron chi connectivity index (χ3n) is 4.26. The lowest BCUT2D eigenvalue weighted by molar-refractivity contribution is 0.0950. The van der Waals surface area contributed by atoms with E-state index in [-0.39, 0.29) is 28.8 Å². The molecule has 0 atom stereocenters. The van der Waals surface area contributed by atoms with Crippen LogP contribution in [0.2, 0.25) is 0 Å². The van der Waals surface area contributed by atoms with E-state index in [1.165, 1.54) is 10.9 Å². The molecule has 0 fully saturated rings. The van der Waals surface area contributed by atoms with E-state index in [9.17, 15) is 9.59 Å². The lowest BCUT2D eigenvalue weighted by Gasteiger charge is -2.04. The van der Waals surface area contributed by atoms with Gasteiger partial charge in [0, 0.05) is 6.54 Å². The summed E-state index contributed by atoms with van der Waals surface area (Å²) in [7, 11) is 0. The van der Waals surface area contributed by atoms with Crippen molar-refractivity contribution in [2.75, 3.05) is 0 Å². The molecule has 4 aromatic rings. The Morgan fingerprint density at radius 1 is 1.41 bits per heavy atom. The number of furan rings is 1. The maximum absolute atomic E-state index is 12.7. The second kappa shape index (κ2) is 6.56. The molecule has 3 aromatic heterocycles. The number of hydrogen-bond acceptors (Lipinski definition) is 5. The summed E-state index contributed by atoms with van der Waals surface area (Å²) in [6, 6.07) is 7.60. The summed E-state index contributed by atoms with van der Waals surface area (Å²) < 4.78 is 6.87. The normalized spacial score (nSPS) is 11.1. The Kier molecular flexibility index (Phi) is 4.08. The number of aromatic nitrogens is 4. The van der Waals surface area contributed by atoms with Crippen LogP contribution >= 0.6 is 0 Å². The van der Waals surface area contributed by atoms with Crippen molar-refractivity contribution in [2.45, 2.75) is 20.0 Å². The molecule has 0 saturated carbocycles. The Balaban J connectivity index is 1.65. The first-order valence-electron chi connectivity index (χ1n) is 8.39. The predicted molar refractivity (Wildman–Crippen MR) is 100 cm³/mol. The first-order chi connectivity index (χ1) is 13.1. The molecule has 2 N–H and O–H groups in total. The van der Waals surface area contributed by atoms with Crippen LogP contribution in [-0.2, 0) is 13.1 Å². The molecular weight excluding hydrogens is 346 g/mol. The molecule has 0 aliphatic carbocycles. The molecule has 27 heavy (non-hydrogen) atoms. The highest BCUT2D eigenvalue weighted by Crippen LogP contribution is 2.21. The van der Waals surface area contributed by atoms with E-state index in [2.05, 4.69) is 26.8 Å². The number of nitrogens with one attached hydrogen (secondary N) is 2. The Bertz CT molecular complexity index is 1200. The summed E-state index contributed by atoms with van der Waals surface area (Å²) in [5, 5.41) is 2.95. The average Bonchev–Trinajstić information content (AvgIpc) is 3.22. The number of H-pyrrole nitrogens is 1. The zero-order chi connectivity index (χ0) is 19.0. The average molecular weight is 363 g/mol.